The summed E-state index contributed by atoms with van der Waals surface area (Å²) >= 11 is 0. The Bertz CT molecular complexity index is 114. The first-order chi connectivity index (χ1) is 4.20. The quantitative estimate of drug-likeness (QED) is 0.373. The second-order valence-corrected chi connectivity index (χ2v) is 1.33. The van der Waals surface area contributed by atoms with Gasteiger partial charge in [-0.25, -0.2) is 5.06 Å². The zero-order valence-corrected chi connectivity index (χ0v) is 5.03. The number of hydrogen-bond acceptors (Lipinski definition) is 3. The largest absolute Gasteiger partial charge is 0.368 e. The van der Waals surface area contributed by atoms with Gasteiger partial charge < -0.3 is 5.73 Å². The van der Waals surface area contributed by atoms with Gasteiger partial charge in [-0.3, -0.25) is 14.4 Å². The van der Waals surface area contributed by atoms with Crippen LogP contribution in [0.1, 0.15) is 0 Å². The molecule has 0 radical (unpaired) electrons. The Kier molecular flexibility index (Phi) is 3.38. The van der Waals surface area contributed by atoms with E-state index in [1.807, 2.05) is 0 Å². The fourth-order valence-electron chi connectivity index (χ4n) is 0.298. The molecule has 5 nitrogen and oxygen atoms in total. The molecule has 2 amide bonds. The summed E-state index contributed by atoms with van der Waals surface area (Å²) in [6.45, 7) is -0.208. The van der Waals surface area contributed by atoms with E-state index in [0.717, 1.165) is 5.06 Å². The van der Waals surface area contributed by atoms with E-state index in [1.165, 1.54) is 7.11 Å². The molecule has 0 aliphatic rings. The molecule has 0 saturated carbocycles. The number of carbonyl (C=O) groups excluding carboxylic acids is 2. The van der Waals surface area contributed by atoms with E-state index < -0.39 is 5.91 Å². The highest BCUT2D eigenvalue weighted by molar-refractivity contribution is 5.77. The number of primary amides is 1. The first kappa shape index (κ1) is 7.90. The Morgan fingerprint density at radius 3 is 2.56 bits per heavy atom. The lowest BCUT2D eigenvalue weighted by Gasteiger charge is -2.09. The first-order valence-corrected chi connectivity index (χ1v) is 2.25. The van der Waals surface area contributed by atoms with Crippen molar-refractivity contribution in [2.75, 3.05) is 13.7 Å². The van der Waals surface area contributed by atoms with Crippen molar-refractivity contribution < 1.29 is 14.4 Å². The third-order valence-electron chi connectivity index (χ3n) is 0.664. The van der Waals surface area contributed by atoms with Gasteiger partial charge in [0.25, 0.3) is 0 Å². The minimum atomic E-state index is -0.607. The van der Waals surface area contributed by atoms with Crippen LogP contribution in [0.2, 0.25) is 0 Å². The zero-order chi connectivity index (χ0) is 7.28. The van der Waals surface area contributed by atoms with Crippen LogP contribution in [0.4, 0.5) is 0 Å². The lowest BCUT2D eigenvalue weighted by Crippen LogP contribution is -2.31. The Hall–Kier alpha value is -1.10. The van der Waals surface area contributed by atoms with E-state index in [1.54, 1.807) is 0 Å². The lowest BCUT2D eigenvalue weighted by atomic mass is 10.6. The molecular weight excluding hydrogens is 124 g/mol. The predicted molar refractivity (Wildman–Crippen MR) is 29.0 cm³/mol. The van der Waals surface area contributed by atoms with Crippen molar-refractivity contribution in [3.05, 3.63) is 0 Å². The number of amides is 2. The molecule has 0 fully saturated rings. The SMILES string of the molecule is CON(C=O)CC(N)=O. The van der Waals surface area contributed by atoms with Crippen LogP contribution in [-0.2, 0) is 14.4 Å². The summed E-state index contributed by atoms with van der Waals surface area (Å²) in [5.74, 6) is -0.607. The fourth-order valence-corrected chi connectivity index (χ4v) is 0.298. The molecule has 0 rings (SSSR count). The molecule has 5 heteroatoms. The van der Waals surface area contributed by atoms with Crippen LogP contribution in [0, 0.1) is 0 Å². The number of hydrogen-bond donors (Lipinski definition) is 1. The van der Waals surface area contributed by atoms with Crippen LogP contribution in [0.15, 0.2) is 0 Å². The van der Waals surface area contributed by atoms with Gasteiger partial charge >= 0.3 is 0 Å². The number of nitrogens with zero attached hydrogens (tertiary/aromatic N) is 1. The third-order valence-corrected chi connectivity index (χ3v) is 0.664. The average Bonchev–Trinajstić information content (AvgIpc) is 1.82. The minimum absolute atomic E-state index is 0.208. The van der Waals surface area contributed by atoms with Gasteiger partial charge in [-0.1, -0.05) is 0 Å². The molecule has 2 N–H and O–H groups in total. The van der Waals surface area contributed by atoms with Crippen LogP contribution in [0.3, 0.4) is 0 Å². The molecule has 0 bridgehead atoms. The molecule has 0 spiro atoms. The van der Waals surface area contributed by atoms with Gasteiger partial charge in [-0.2, -0.15) is 0 Å². The van der Waals surface area contributed by atoms with Crippen molar-refractivity contribution in [2.45, 2.75) is 0 Å². The minimum Gasteiger partial charge on any atom is -0.368 e. The third kappa shape index (κ3) is 3.48. The predicted octanol–water partition coefficient (Wildman–Crippen LogP) is -1.51. The van der Waals surface area contributed by atoms with E-state index in [9.17, 15) is 9.59 Å². The maximum absolute atomic E-state index is 10.1. The summed E-state index contributed by atoms with van der Waals surface area (Å²) < 4.78 is 0. The van der Waals surface area contributed by atoms with Crippen molar-refractivity contribution in [3.63, 3.8) is 0 Å². The standard InChI is InChI=1S/C4H8N2O3/c1-9-6(3-7)2-4(5)8/h3H,2H2,1H3,(H2,5,8). The van der Waals surface area contributed by atoms with Gasteiger partial charge in [-0.05, 0) is 0 Å². The normalized spacial score (nSPS) is 8.56. The maximum Gasteiger partial charge on any atom is 0.239 e. The molecule has 0 atom stereocenters. The van der Waals surface area contributed by atoms with E-state index in [-0.39, 0.29) is 6.54 Å². The molecule has 0 aromatic carbocycles. The van der Waals surface area contributed by atoms with Crippen molar-refractivity contribution in [2.24, 2.45) is 5.73 Å². The summed E-state index contributed by atoms with van der Waals surface area (Å²) in [6.07, 6.45) is 0.380. The number of nitrogens with two attached hydrogens (primary N) is 1. The van der Waals surface area contributed by atoms with E-state index in [0.29, 0.717) is 6.41 Å². The van der Waals surface area contributed by atoms with Crippen LogP contribution in [0.5, 0.6) is 0 Å². The lowest BCUT2D eigenvalue weighted by molar-refractivity contribution is -0.164. The Balaban J connectivity index is 3.55. The number of carbonyl (C=O) groups is 2. The molecule has 0 aromatic rings. The van der Waals surface area contributed by atoms with E-state index in [4.69, 9.17) is 5.73 Å². The van der Waals surface area contributed by atoms with Gasteiger partial charge in [0.2, 0.25) is 12.3 Å². The summed E-state index contributed by atoms with van der Waals surface area (Å²) in [5.41, 5.74) is 4.72. The Morgan fingerprint density at radius 1 is 1.89 bits per heavy atom. The van der Waals surface area contributed by atoms with E-state index >= 15 is 0 Å². The monoisotopic (exact) mass is 132 g/mol. The summed E-state index contributed by atoms with van der Waals surface area (Å²) in [5, 5.41) is 0.794. The molecule has 0 unspecified atom stereocenters. The second kappa shape index (κ2) is 3.85. The van der Waals surface area contributed by atoms with Gasteiger partial charge in [0.15, 0.2) is 0 Å². The van der Waals surface area contributed by atoms with Gasteiger partial charge in [0.1, 0.15) is 6.54 Å². The van der Waals surface area contributed by atoms with Crippen molar-refractivity contribution in [1.29, 1.82) is 0 Å². The number of hydroxylamine groups is 2. The van der Waals surface area contributed by atoms with Gasteiger partial charge in [0.05, 0.1) is 7.11 Å². The smallest absolute Gasteiger partial charge is 0.239 e. The second-order valence-electron chi connectivity index (χ2n) is 1.33. The summed E-state index contributed by atoms with van der Waals surface area (Å²) in [7, 11) is 1.28. The highest BCUT2D eigenvalue weighted by Gasteiger charge is 2.01. The summed E-state index contributed by atoms with van der Waals surface area (Å²) in [6, 6.07) is 0. The highest BCUT2D eigenvalue weighted by atomic mass is 16.7. The molecule has 0 aromatic heterocycles. The van der Waals surface area contributed by atoms with Crippen molar-refractivity contribution in [3.8, 4) is 0 Å². The Labute approximate surface area is 52.3 Å². The van der Waals surface area contributed by atoms with Crippen LogP contribution in [-0.4, -0.2) is 31.0 Å². The van der Waals surface area contributed by atoms with Gasteiger partial charge in [0, 0.05) is 0 Å². The molecule has 0 aliphatic heterocycles. The highest BCUT2D eigenvalue weighted by Crippen LogP contribution is 1.78. The molecule has 52 valence electrons. The fraction of sp³-hybridized carbons (Fsp3) is 0.500. The topological polar surface area (TPSA) is 72.6 Å². The van der Waals surface area contributed by atoms with Crippen LogP contribution in [0.25, 0.3) is 0 Å². The summed E-state index contributed by atoms with van der Waals surface area (Å²) in [4.78, 5) is 24.3. The van der Waals surface area contributed by atoms with Crippen molar-refractivity contribution in [1.82, 2.24) is 5.06 Å². The van der Waals surface area contributed by atoms with Crippen LogP contribution >= 0.6 is 0 Å². The maximum atomic E-state index is 10.1. The Morgan fingerprint density at radius 2 is 2.44 bits per heavy atom. The molecule has 0 saturated heterocycles. The van der Waals surface area contributed by atoms with E-state index in [2.05, 4.69) is 4.84 Å². The molecule has 0 heterocycles. The number of rotatable bonds is 4. The van der Waals surface area contributed by atoms with Crippen LogP contribution < -0.4 is 5.73 Å². The molecule has 9 heavy (non-hydrogen) atoms. The van der Waals surface area contributed by atoms with Crippen molar-refractivity contribution >= 4 is 12.3 Å². The first-order valence-electron chi connectivity index (χ1n) is 2.25. The zero-order valence-electron chi connectivity index (χ0n) is 5.03. The average molecular weight is 132 g/mol. The molecule has 0 aliphatic carbocycles. The van der Waals surface area contributed by atoms with Gasteiger partial charge in [-0.15, -0.1) is 0 Å². The molecular formula is C4H8N2O3.